The first-order valence-corrected chi connectivity index (χ1v) is 8.52. The summed E-state index contributed by atoms with van der Waals surface area (Å²) in [6.07, 6.45) is 0. The molecule has 0 aliphatic rings. The smallest absolute Gasteiger partial charge is 0.275 e. The number of benzene rings is 2. The van der Waals surface area contributed by atoms with E-state index in [1.165, 1.54) is 0 Å². The van der Waals surface area contributed by atoms with Gasteiger partial charge in [-0.15, -0.1) is 0 Å². The van der Waals surface area contributed by atoms with Gasteiger partial charge in [-0.05, 0) is 23.8 Å². The van der Waals surface area contributed by atoms with E-state index in [4.69, 9.17) is 9.47 Å². The average molecular weight is 367 g/mol. The second-order valence-corrected chi connectivity index (χ2v) is 6.02. The van der Waals surface area contributed by atoms with Crippen LogP contribution in [-0.2, 0) is 11.3 Å². The summed E-state index contributed by atoms with van der Waals surface area (Å²) in [6, 6.07) is 14.5. The summed E-state index contributed by atoms with van der Waals surface area (Å²) in [6.45, 7) is 1.15. The standard InChI is InChI=1S/C20H21N3O4/c1-26-11-10-23(13-14-6-5-7-15(12-14)27-2)20(25)18-16-8-3-4-9-17(16)19(24)22-21-18/h3-9,12H,10-11,13H2,1-2H3,(H,22,24). The van der Waals surface area contributed by atoms with Gasteiger partial charge in [-0.3, -0.25) is 9.59 Å². The van der Waals surface area contributed by atoms with E-state index in [-0.39, 0.29) is 17.2 Å². The van der Waals surface area contributed by atoms with Crippen molar-refractivity contribution in [3.63, 3.8) is 0 Å². The molecule has 0 unspecified atom stereocenters. The van der Waals surface area contributed by atoms with Gasteiger partial charge in [-0.25, -0.2) is 5.10 Å². The SMILES string of the molecule is COCCN(Cc1cccc(OC)c1)C(=O)c1n[nH]c(=O)c2ccccc12. The maximum Gasteiger partial charge on any atom is 0.275 e. The minimum absolute atomic E-state index is 0.212. The molecule has 0 atom stereocenters. The molecule has 27 heavy (non-hydrogen) atoms. The number of rotatable bonds is 7. The molecule has 1 amide bonds. The summed E-state index contributed by atoms with van der Waals surface area (Å²) in [5.41, 5.74) is 0.815. The van der Waals surface area contributed by atoms with Gasteiger partial charge in [0.05, 0.1) is 19.1 Å². The number of nitrogens with zero attached hydrogens (tertiary/aromatic N) is 2. The second-order valence-electron chi connectivity index (χ2n) is 6.02. The molecule has 7 nitrogen and oxygen atoms in total. The lowest BCUT2D eigenvalue weighted by molar-refractivity contribution is 0.0675. The van der Waals surface area contributed by atoms with Crippen molar-refractivity contribution in [3.05, 3.63) is 70.1 Å². The van der Waals surface area contributed by atoms with Crippen LogP contribution in [0, 0.1) is 0 Å². The topological polar surface area (TPSA) is 84.5 Å². The van der Waals surface area contributed by atoms with Gasteiger partial charge in [0.1, 0.15) is 5.75 Å². The van der Waals surface area contributed by atoms with Gasteiger partial charge in [0.15, 0.2) is 5.69 Å². The molecule has 0 bridgehead atoms. The Morgan fingerprint density at radius 3 is 2.63 bits per heavy atom. The Morgan fingerprint density at radius 1 is 1.11 bits per heavy atom. The van der Waals surface area contributed by atoms with E-state index in [1.807, 2.05) is 24.3 Å². The summed E-state index contributed by atoms with van der Waals surface area (Å²) in [7, 11) is 3.19. The van der Waals surface area contributed by atoms with Crippen molar-refractivity contribution in [2.45, 2.75) is 6.54 Å². The van der Waals surface area contributed by atoms with Gasteiger partial charge in [0.25, 0.3) is 11.5 Å². The third-order valence-electron chi connectivity index (χ3n) is 4.26. The number of amides is 1. The van der Waals surface area contributed by atoms with Gasteiger partial charge in [0.2, 0.25) is 0 Å². The summed E-state index contributed by atoms with van der Waals surface area (Å²) < 4.78 is 10.4. The van der Waals surface area contributed by atoms with E-state index >= 15 is 0 Å². The molecule has 1 heterocycles. The highest BCUT2D eigenvalue weighted by molar-refractivity contribution is 6.04. The third kappa shape index (κ3) is 4.15. The zero-order valence-electron chi connectivity index (χ0n) is 15.3. The zero-order chi connectivity index (χ0) is 19.2. The van der Waals surface area contributed by atoms with Crippen molar-refractivity contribution < 1.29 is 14.3 Å². The molecule has 0 saturated carbocycles. The predicted octanol–water partition coefficient (Wildman–Crippen LogP) is 2.22. The number of methoxy groups -OCH3 is 2. The lowest BCUT2D eigenvalue weighted by Gasteiger charge is -2.22. The molecule has 0 aliphatic carbocycles. The number of hydrogen-bond donors (Lipinski definition) is 1. The van der Waals surface area contributed by atoms with Crippen molar-refractivity contribution in [1.82, 2.24) is 15.1 Å². The highest BCUT2D eigenvalue weighted by Crippen LogP contribution is 2.18. The number of hydrogen-bond acceptors (Lipinski definition) is 5. The molecule has 1 N–H and O–H groups in total. The van der Waals surface area contributed by atoms with E-state index in [1.54, 1.807) is 43.4 Å². The van der Waals surface area contributed by atoms with Crippen LogP contribution in [-0.4, -0.2) is 48.4 Å². The molecular weight excluding hydrogens is 346 g/mol. The van der Waals surface area contributed by atoms with Crippen LogP contribution in [0.5, 0.6) is 5.75 Å². The fourth-order valence-corrected chi connectivity index (χ4v) is 2.87. The molecule has 1 aromatic heterocycles. The third-order valence-corrected chi connectivity index (χ3v) is 4.26. The Bertz CT molecular complexity index is 1000. The second kappa shape index (κ2) is 8.46. The van der Waals surface area contributed by atoms with Crippen molar-refractivity contribution in [3.8, 4) is 5.75 Å². The highest BCUT2D eigenvalue weighted by Gasteiger charge is 2.21. The monoisotopic (exact) mass is 367 g/mol. The Morgan fingerprint density at radius 2 is 1.89 bits per heavy atom. The summed E-state index contributed by atoms with van der Waals surface area (Å²) in [4.78, 5) is 26.8. The molecular formula is C20H21N3O4. The maximum absolute atomic E-state index is 13.2. The number of nitrogens with one attached hydrogen (secondary N) is 1. The molecule has 0 fully saturated rings. The number of aromatic amines is 1. The minimum atomic E-state index is -0.321. The van der Waals surface area contributed by atoms with Crippen LogP contribution in [0.1, 0.15) is 16.1 Å². The number of carbonyl (C=O) groups excluding carboxylic acids is 1. The first-order chi connectivity index (χ1) is 13.1. The van der Waals surface area contributed by atoms with Crippen molar-refractivity contribution >= 4 is 16.7 Å². The summed E-state index contributed by atoms with van der Waals surface area (Å²) in [5.74, 6) is 0.446. The lowest BCUT2D eigenvalue weighted by Crippen LogP contribution is -2.34. The van der Waals surface area contributed by atoms with Crippen LogP contribution in [0.15, 0.2) is 53.3 Å². The van der Waals surface area contributed by atoms with Gasteiger partial charge in [-0.2, -0.15) is 5.10 Å². The largest absolute Gasteiger partial charge is 0.497 e. The fourth-order valence-electron chi connectivity index (χ4n) is 2.87. The highest BCUT2D eigenvalue weighted by atomic mass is 16.5. The van der Waals surface area contributed by atoms with Crippen molar-refractivity contribution in [2.75, 3.05) is 27.4 Å². The Balaban J connectivity index is 1.96. The van der Waals surface area contributed by atoms with E-state index in [0.717, 1.165) is 11.3 Å². The number of carbonyl (C=O) groups is 1. The first-order valence-electron chi connectivity index (χ1n) is 8.52. The number of ether oxygens (including phenoxy) is 2. The van der Waals surface area contributed by atoms with E-state index in [9.17, 15) is 9.59 Å². The summed E-state index contributed by atoms with van der Waals surface area (Å²) >= 11 is 0. The van der Waals surface area contributed by atoms with Crippen LogP contribution in [0.2, 0.25) is 0 Å². The maximum atomic E-state index is 13.2. The molecule has 3 rings (SSSR count). The number of H-pyrrole nitrogens is 1. The molecule has 3 aromatic rings. The quantitative estimate of drug-likeness (QED) is 0.692. The average Bonchev–Trinajstić information content (AvgIpc) is 2.71. The number of fused-ring (bicyclic) bond motifs is 1. The van der Waals surface area contributed by atoms with Crippen LogP contribution >= 0.6 is 0 Å². The van der Waals surface area contributed by atoms with E-state index in [2.05, 4.69) is 10.2 Å². The minimum Gasteiger partial charge on any atom is -0.497 e. The van der Waals surface area contributed by atoms with Crippen LogP contribution in [0.4, 0.5) is 0 Å². The van der Waals surface area contributed by atoms with Gasteiger partial charge in [0, 0.05) is 25.6 Å². The normalized spacial score (nSPS) is 10.7. The van der Waals surface area contributed by atoms with E-state index < -0.39 is 0 Å². The molecule has 0 radical (unpaired) electrons. The van der Waals surface area contributed by atoms with Crippen LogP contribution in [0.3, 0.4) is 0 Å². The first kappa shape index (κ1) is 18.6. The molecule has 0 spiro atoms. The van der Waals surface area contributed by atoms with Gasteiger partial charge in [-0.1, -0.05) is 30.3 Å². The summed E-state index contributed by atoms with van der Waals surface area (Å²) in [5, 5.41) is 7.39. The molecule has 0 saturated heterocycles. The molecule has 2 aromatic carbocycles. The fraction of sp³-hybridized carbons (Fsp3) is 0.250. The van der Waals surface area contributed by atoms with Gasteiger partial charge < -0.3 is 14.4 Å². The van der Waals surface area contributed by atoms with Crippen molar-refractivity contribution in [2.24, 2.45) is 0 Å². The Labute approximate surface area is 156 Å². The number of aromatic nitrogens is 2. The molecule has 7 heteroatoms. The lowest BCUT2D eigenvalue weighted by atomic mass is 10.1. The molecule has 140 valence electrons. The predicted molar refractivity (Wildman–Crippen MR) is 102 cm³/mol. The van der Waals surface area contributed by atoms with E-state index in [0.29, 0.717) is 30.5 Å². The Hall–Kier alpha value is -3.19. The molecule has 0 aliphatic heterocycles. The zero-order valence-corrected chi connectivity index (χ0v) is 15.3. The van der Waals surface area contributed by atoms with Gasteiger partial charge >= 0.3 is 0 Å². The van der Waals surface area contributed by atoms with Crippen LogP contribution < -0.4 is 10.3 Å². The Kier molecular flexibility index (Phi) is 5.83. The van der Waals surface area contributed by atoms with Crippen LogP contribution in [0.25, 0.3) is 10.8 Å². The van der Waals surface area contributed by atoms with Crippen molar-refractivity contribution in [1.29, 1.82) is 0 Å².